The van der Waals surface area contributed by atoms with E-state index in [2.05, 4.69) is 4.98 Å². The van der Waals surface area contributed by atoms with Crippen LogP contribution in [0.25, 0.3) is 0 Å². The molecule has 0 aliphatic carbocycles. The van der Waals surface area contributed by atoms with Gasteiger partial charge in [-0.15, -0.1) is 0 Å². The molecule has 94 valence electrons. The van der Waals surface area contributed by atoms with Crippen molar-refractivity contribution in [3.05, 3.63) is 59.4 Å². The first-order valence-electron chi connectivity index (χ1n) is 6.05. The topological polar surface area (TPSA) is 62.8 Å². The summed E-state index contributed by atoms with van der Waals surface area (Å²) in [6.07, 6.45) is 1.65. The van der Waals surface area contributed by atoms with Gasteiger partial charge in [-0.1, -0.05) is 43.7 Å². The Hall–Kier alpha value is -2.16. The molecule has 0 bridgehead atoms. The van der Waals surface area contributed by atoms with Gasteiger partial charge in [0.15, 0.2) is 0 Å². The van der Waals surface area contributed by atoms with Crippen LogP contribution in [0.2, 0.25) is 0 Å². The van der Waals surface area contributed by atoms with E-state index in [-0.39, 0.29) is 0 Å². The molecule has 3 nitrogen and oxygen atoms in total. The van der Waals surface area contributed by atoms with Crippen LogP contribution in [-0.4, -0.2) is 10.7 Å². The third-order valence-electron chi connectivity index (χ3n) is 2.42. The molecular formula is C15H19N3. The molecule has 0 aliphatic heterocycles. The Kier molecular flexibility index (Phi) is 5.06. The molecule has 0 atom stereocenters. The number of nitrogens with one attached hydrogen (secondary N) is 1. The highest BCUT2D eigenvalue weighted by atomic mass is 14.7. The van der Waals surface area contributed by atoms with Crippen molar-refractivity contribution in [1.82, 2.24) is 4.98 Å². The van der Waals surface area contributed by atoms with Crippen molar-refractivity contribution in [2.75, 3.05) is 5.73 Å². The van der Waals surface area contributed by atoms with E-state index in [0.717, 1.165) is 5.56 Å². The minimum absolute atomic E-state index is 0.359. The number of hydrogen-bond acceptors (Lipinski definition) is 3. The first-order chi connectivity index (χ1) is 8.68. The van der Waals surface area contributed by atoms with Crippen LogP contribution in [0, 0.1) is 12.3 Å². The van der Waals surface area contributed by atoms with E-state index in [1.54, 1.807) is 18.3 Å². The van der Waals surface area contributed by atoms with Crippen LogP contribution in [0.1, 0.15) is 30.7 Å². The van der Waals surface area contributed by atoms with Crippen molar-refractivity contribution < 1.29 is 0 Å². The van der Waals surface area contributed by atoms with Gasteiger partial charge in [-0.2, -0.15) is 0 Å². The lowest BCUT2D eigenvalue weighted by atomic mass is 10.0. The van der Waals surface area contributed by atoms with Gasteiger partial charge in [0, 0.05) is 11.8 Å². The normalized spacial score (nSPS) is 9.28. The van der Waals surface area contributed by atoms with Crippen molar-refractivity contribution in [2.24, 2.45) is 0 Å². The van der Waals surface area contributed by atoms with Crippen molar-refractivity contribution in [3.8, 4) is 0 Å². The van der Waals surface area contributed by atoms with Gasteiger partial charge in [-0.05, 0) is 19.1 Å². The van der Waals surface area contributed by atoms with Crippen LogP contribution in [0.5, 0.6) is 0 Å². The molecule has 0 saturated carbocycles. The summed E-state index contributed by atoms with van der Waals surface area (Å²) in [5.74, 6) is 0. The molecule has 0 saturated heterocycles. The monoisotopic (exact) mass is 241 g/mol. The maximum absolute atomic E-state index is 8.04. The van der Waals surface area contributed by atoms with Crippen LogP contribution < -0.4 is 5.73 Å². The fraction of sp³-hybridized carbons (Fsp3) is 0.200. The quantitative estimate of drug-likeness (QED) is 0.791. The van der Waals surface area contributed by atoms with Gasteiger partial charge >= 0.3 is 0 Å². The van der Waals surface area contributed by atoms with E-state index in [4.69, 9.17) is 11.1 Å². The molecule has 0 unspecified atom stereocenters. The third kappa shape index (κ3) is 3.17. The molecule has 0 amide bonds. The molecule has 3 heteroatoms. The highest BCUT2D eigenvalue weighted by molar-refractivity contribution is 6.12. The molecule has 1 aromatic carbocycles. The van der Waals surface area contributed by atoms with Gasteiger partial charge in [0.2, 0.25) is 0 Å². The molecule has 1 heterocycles. The predicted molar refractivity (Wildman–Crippen MR) is 77.1 cm³/mol. The van der Waals surface area contributed by atoms with Gasteiger partial charge in [-0.25, -0.2) is 0 Å². The molecule has 18 heavy (non-hydrogen) atoms. The third-order valence-corrected chi connectivity index (χ3v) is 2.42. The summed E-state index contributed by atoms with van der Waals surface area (Å²) in [7, 11) is 0. The van der Waals surface area contributed by atoms with Crippen LogP contribution in [0.3, 0.4) is 0 Å². The fourth-order valence-corrected chi connectivity index (χ4v) is 1.48. The number of benzene rings is 1. The molecule has 0 fully saturated rings. The number of pyridine rings is 1. The first kappa shape index (κ1) is 13.9. The van der Waals surface area contributed by atoms with Crippen molar-refractivity contribution in [2.45, 2.75) is 20.8 Å². The van der Waals surface area contributed by atoms with Gasteiger partial charge in [0.1, 0.15) is 5.69 Å². The zero-order valence-corrected chi connectivity index (χ0v) is 11.1. The van der Waals surface area contributed by atoms with E-state index in [9.17, 15) is 0 Å². The highest BCUT2D eigenvalue weighted by Gasteiger charge is 2.08. The lowest BCUT2D eigenvalue weighted by Gasteiger charge is -2.06. The van der Waals surface area contributed by atoms with Crippen molar-refractivity contribution in [3.63, 3.8) is 0 Å². The Morgan fingerprint density at radius 2 is 1.72 bits per heavy atom. The van der Waals surface area contributed by atoms with Crippen molar-refractivity contribution >= 4 is 11.4 Å². The first-order valence-corrected chi connectivity index (χ1v) is 6.05. The van der Waals surface area contributed by atoms with Gasteiger partial charge in [0.25, 0.3) is 0 Å². The highest BCUT2D eigenvalue weighted by Crippen LogP contribution is 2.13. The smallest absolute Gasteiger partial charge is 0.111 e. The zero-order valence-electron chi connectivity index (χ0n) is 11.1. The number of aryl methyl sites for hydroxylation is 1. The van der Waals surface area contributed by atoms with Gasteiger partial charge in [-0.3, -0.25) is 10.4 Å². The average molecular weight is 241 g/mol. The van der Waals surface area contributed by atoms with E-state index in [1.807, 2.05) is 45.0 Å². The lowest BCUT2D eigenvalue weighted by molar-refractivity contribution is 1.27. The number of nitrogens with two attached hydrogens (primary N) is 1. The summed E-state index contributed by atoms with van der Waals surface area (Å²) in [5, 5.41) is 8.04. The Balaban J connectivity index is 0.000000771. The number of nitrogens with zero attached hydrogens (tertiary/aromatic N) is 1. The summed E-state index contributed by atoms with van der Waals surface area (Å²) < 4.78 is 0. The molecule has 0 spiro atoms. The summed E-state index contributed by atoms with van der Waals surface area (Å²) in [6, 6.07) is 11.3. The average Bonchev–Trinajstić information content (AvgIpc) is 2.42. The maximum Gasteiger partial charge on any atom is 0.111 e. The van der Waals surface area contributed by atoms with E-state index < -0.39 is 0 Å². The second kappa shape index (κ2) is 6.55. The maximum atomic E-state index is 8.04. The van der Waals surface area contributed by atoms with E-state index >= 15 is 0 Å². The summed E-state index contributed by atoms with van der Waals surface area (Å²) in [4.78, 5) is 4.13. The van der Waals surface area contributed by atoms with Gasteiger partial charge < -0.3 is 5.73 Å². The number of rotatable bonds is 2. The van der Waals surface area contributed by atoms with Crippen molar-refractivity contribution in [1.29, 1.82) is 5.41 Å². The van der Waals surface area contributed by atoms with E-state index in [1.165, 1.54) is 5.56 Å². The number of nitrogen functional groups attached to an aromatic ring is 1. The number of hydrogen-bond donors (Lipinski definition) is 2. The Bertz CT molecular complexity index is 516. The second-order valence-electron chi connectivity index (χ2n) is 3.68. The Morgan fingerprint density at radius 1 is 1.11 bits per heavy atom. The standard InChI is InChI=1S/C13H13N3.C2H6/c1-9-4-6-10(7-5-9)12(15)13-11(14)3-2-8-16-13;1-2/h2-8,15H,14H2,1H3;1-2H3. The molecule has 0 radical (unpaired) electrons. The molecule has 2 aromatic rings. The van der Waals surface area contributed by atoms with Crippen LogP contribution in [0.4, 0.5) is 5.69 Å². The zero-order chi connectivity index (χ0) is 13.5. The van der Waals surface area contributed by atoms with Gasteiger partial charge in [0.05, 0.1) is 11.4 Å². The Morgan fingerprint density at radius 3 is 2.28 bits per heavy atom. The largest absolute Gasteiger partial charge is 0.397 e. The minimum Gasteiger partial charge on any atom is -0.397 e. The fourth-order valence-electron chi connectivity index (χ4n) is 1.48. The molecule has 1 aromatic heterocycles. The molecule has 0 aliphatic rings. The summed E-state index contributed by atoms with van der Waals surface area (Å²) in [6.45, 7) is 6.02. The SMILES string of the molecule is CC.Cc1ccc(C(=N)c2ncccc2N)cc1. The summed E-state index contributed by atoms with van der Waals surface area (Å²) >= 11 is 0. The summed E-state index contributed by atoms with van der Waals surface area (Å²) in [5.41, 5.74) is 9.22. The molecular weight excluding hydrogens is 222 g/mol. The number of aromatic nitrogens is 1. The second-order valence-corrected chi connectivity index (χ2v) is 3.68. The minimum atomic E-state index is 0.359. The lowest BCUT2D eigenvalue weighted by Crippen LogP contribution is -2.07. The van der Waals surface area contributed by atoms with Crippen LogP contribution >= 0.6 is 0 Å². The predicted octanol–water partition coefficient (Wildman–Crippen LogP) is 3.41. The van der Waals surface area contributed by atoms with Crippen LogP contribution in [-0.2, 0) is 0 Å². The van der Waals surface area contributed by atoms with Crippen LogP contribution in [0.15, 0.2) is 42.6 Å². The Labute approximate surface area is 108 Å². The van der Waals surface area contributed by atoms with E-state index in [0.29, 0.717) is 17.1 Å². The number of anilines is 1. The molecule has 2 rings (SSSR count). The molecule has 3 N–H and O–H groups in total.